The van der Waals surface area contributed by atoms with E-state index in [1.807, 2.05) is 19.9 Å². The molecule has 1 rings (SSSR count). The Morgan fingerprint density at radius 1 is 1.55 bits per heavy atom. The van der Waals surface area contributed by atoms with Crippen molar-refractivity contribution in [1.29, 1.82) is 0 Å². The summed E-state index contributed by atoms with van der Waals surface area (Å²) in [5.41, 5.74) is 2.59. The van der Waals surface area contributed by atoms with E-state index in [9.17, 15) is 4.79 Å². The van der Waals surface area contributed by atoms with Crippen LogP contribution < -0.4 is 5.56 Å². The van der Waals surface area contributed by atoms with Crippen LogP contribution >= 0.6 is 0 Å². The Morgan fingerprint density at radius 3 is 2.64 bits per heavy atom. The molecule has 0 fully saturated rings. The molecule has 0 atom stereocenters. The van der Waals surface area contributed by atoms with E-state index in [1.165, 1.54) is 0 Å². The molecule has 0 bridgehead atoms. The number of nitrogens with one attached hydrogen (secondary N) is 1. The topological polar surface area (TPSA) is 32.9 Å². The number of rotatable bonds is 1. The summed E-state index contributed by atoms with van der Waals surface area (Å²) < 4.78 is 0. The molecule has 1 N–H and O–H groups in total. The smallest absolute Gasteiger partial charge is 0.248 e. The Labute approximate surface area is 65.6 Å². The number of aromatic amines is 1. The fraction of sp³-hybridized carbons (Fsp3) is 0.222. The van der Waals surface area contributed by atoms with Gasteiger partial charge >= 0.3 is 0 Å². The maximum absolute atomic E-state index is 10.9. The van der Waals surface area contributed by atoms with Crippen LogP contribution in [0.1, 0.15) is 18.2 Å². The fourth-order valence-corrected chi connectivity index (χ4v) is 0.911. The molecule has 0 saturated carbocycles. The van der Waals surface area contributed by atoms with Crippen molar-refractivity contribution in [2.45, 2.75) is 13.8 Å². The maximum atomic E-state index is 10.9. The van der Waals surface area contributed by atoms with Crippen molar-refractivity contribution in [2.24, 2.45) is 0 Å². The number of aryl methyl sites for hydroxylation is 1. The summed E-state index contributed by atoms with van der Waals surface area (Å²) in [7, 11) is 0. The molecule has 58 valence electrons. The van der Waals surface area contributed by atoms with Crippen LogP contribution in [-0.2, 0) is 0 Å². The second kappa shape index (κ2) is 2.74. The largest absolute Gasteiger partial charge is 0.322 e. The normalized spacial score (nSPS) is 9.64. The summed E-state index contributed by atoms with van der Waals surface area (Å²) in [6.07, 6.45) is 0. The maximum Gasteiger partial charge on any atom is 0.248 e. The lowest BCUT2D eigenvalue weighted by Crippen LogP contribution is -2.06. The summed E-state index contributed by atoms with van der Waals surface area (Å²) in [4.78, 5) is 13.6. The zero-order valence-corrected chi connectivity index (χ0v) is 6.77. The third-order valence-corrected chi connectivity index (χ3v) is 1.45. The Bertz CT molecular complexity index is 336. The van der Waals surface area contributed by atoms with Crippen molar-refractivity contribution >= 4 is 5.57 Å². The van der Waals surface area contributed by atoms with E-state index in [2.05, 4.69) is 11.6 Å². The van der Waals surface area contributed by atoms with E-state index in [1.54, 1.807) is 6.07 Å². The predicted octanol–water partition coefficient (Wildman–Crippen LogP) is 1.72. The predicted molar refractivity (Wildman–Crippen MR) is 46.5 cm³/mol. The highest BCUT2D eigenvalue weighted by Gasteiger charge is 1.94. The van der Waals surface area contributed by atoms with Gasteiger partial charge in [0.1, 0.15) is 0 Å². The average Bonchev–Trinajstić information content (AvgIpc) is 1.85. The van der Waals surface area contributed by atoms with Crippen molar-refractivity contribution < 1.29 is 0 Å². The van der Waals surface area contributed by atoms with Crippen LogP contribution in [0.5, 0.6) is 0 Å². The zero-order valence-electron chi connectivity index (χ0n) is 6.77. The lowest BCUT2D eigenvalue weighted by atomic mass is 10.2. The minimum Gasteiger partial charge on any atom is -0.322 e. The quantitative estimate of drug-likeness (QED) is 0.647. The van der Waals surface area contributed by atoms with Crippen molar-refractivity contribution in [1.82, 2.24) is 4.98 Å². The number of allylic oxidation sites excluding steroid dienone is 1. The molecule has 0 aliphatic carbocycles. The van der Waals surface area contributed by atoms with Gasteiger partial charge in [-0.2, -0.15) is 0 Å². The van der Waals surface area contributed by atoms with E-state index in [-0.39, 0.29) is 5.56 Å². The molecule has 11 heavy (non-hydrogen) atoms. The van der Waals surface area contributed by atoms with Crippen LogP contribution in [0.15, 0.2) is 23.5 Å². The van der Waals surface area contributed by atoms with Crippen LogP contribution in [-0.4, -0.2) is 4.98 Å². The Balaban J connectivity index is 3.30. The first-order valence-corrected chi connectivity index (χ1v) is 3.46. The van der Waals surface area contributed by atoms with Gasteiger partial charge in [-0.15, -0.1) is 0 Å². The lowest BCUT2D eigenvalue weighted by Gasteiger charge is -1.99. The SMILES string of the molecule is C=C(C)c1cc(C)cc(=O)[nH]1. The molecule has 1 aromatic heterocycles. The first-order chi connectivity index (χ1) is 5.09. The van der Waals surface area contributed by atoms with E-state index in [4.69, 9.17) is 0 Å². The van der Waals surface area contributed by atoms with Gasteiger partial charge in [0.2, 0.25) is 5.56 Å². The number of hydrogen-bond acceptors (Lipinski definition) is 1. The van der Waals surface area contributed by atoms with Gasteiger partial charge in [-0.3, -0.25) is 4.79 Å². The highest BCUT2D eigenvalue weighted by Crippen LogP contribution is 2.06. The van der Waals surface area contributed by atoms with Crippen molar-refractivity contribution in [2.75, 3.05) is 0 Å². The molecule has 2 nitrogen and oxygen atoms in total. The van der Waals surface area contributed by atoms with Crippen molar-refractivity contribution in [3.8, 4) is 0 Å². The van der Waals surface area contributed by atoms with Gasteiger partial charge in [0.15, 0.2) is 0 Å². The molecule has 0 aliphatic rings. The van der Waals surface area contributed by atoms with Crippen LogP contribution in [0.4, 0.5) is 0 Å². The zero-order chi connectivity index (χ0) is 8.43. The highest BCUT2D eigenvalue weighted by molar-refractivity contribution is 5.57. The minimum absolute atomic E-state index is 0.0667. The van der Waals surface area contributed by atoms with Gasteiger partial charge in [0.05, 0.1) is 0 Å². The van der Waals surface area contributed by atoms with Crippen molar-refractivity contribution in [3.05, 3.63) is 40.3 Å². The number of hydrogen-bond donors (Lipinski definition) is 1. The Hall–Kier alpha value is -1.31. The molecule has 1 heterocycles. The van der Waals surface area contributed by atoms with E-state index < -0.39 is 0 Å². The number of H-pyrrole nitrogens is 1. The van der Waals surface area contributed by atoms with E-state index in [0.29, 0.717) is 0 Å². The van der Waals surface area contributed by atoms with Crippen LogP contribution in [0.25, 0.3) is 5.57 Å². The summed E-state index contributed by atoms with van der Waals surface area (Å²) in [6.45, 7) is 7.49. The highest BCUT2D eigenvalue weighted by atomic mass is 16.1. The van der Waals surface area contributed by atoms with Gasteiger partial charge < -0.3 is 4.98 Å². The molecule has 0 radical (unpaired) electrons. The molecule has 2 heteroatoms. The molecule has 0 unspecified atom stereocenters. The Kier molecular flexibility index (Phi) is 1.94. The lowest BCUT2D eigenvalue weighted by molar-refractivity contribution is 1.17. The summed E-state index contributed by atoms with van der Waals surface area (Å²) >= 11 is 0. The summed E-state index contributed by atoms with van der Waals surface area (Å²) in [5.74, 6) is 0. The number of pyridine rings is 1. The molecule has 0 aromatic carbocycles. The van der Waals surface area contributed by atoms with E-state index in [0.717, 1.165) is 16.8 Å². The van der Waals surface area contributed by atoms with Crippen molar-refractivity contribution in [3.63, 3.8) is 0 Å². The molecule has 0 spiro atoms. The van der Waals surface area contributed by atoms with Gasteiger partial charge in [-0.1, -0.05) is 6.58 Å². The second-order valence-corrected chi connectivity index (χ2v) is 2.72. The molecular formula is C9H11NO. The third-order valence-electron chi connectivity index (χ3n) is 1.45. The minimum atomic E-state index is -0.0667. The standard InChI is InChI=1S/C9H11NO/c1-6(2)8-4-7(3)5-9(11)10-8/h4-5H,1H2,2-3H3,(H,10,11). The monoisotopic (exact) mass is 149 g/mol. The van der Waals surface area contributed by atoms with Gasteiger partial charge in [-0.05, 0) is 31.1 Å². The number of aromatic nitrogens is 1. The summed E-state index contributed by atoms with van der Waals surface area (Å²) in [6, 6.07) is 3.47. The van der Waals surface area contributed by atoms with Crippen LogP contribution in [0, 0.1) is 6.92 Å². The van der Waals surface area contributed by atoms with E-state index >= 15 is 0 Å². The van der Waals surface area contributed by atoms with Crippen LogP contribution in [0.3, 0.4) is 0 Å². The Morgan fingerprint density at radius 2 is 2.18 bits per heavy atom. The van der Waals surface area contributed by atoms with Crippen LogP contribution in [0.2, 0.25) is 0 Å². The molecule has 1 aromatic rings. The molecule has 0 amide bonds. The second-order valence-electron chi connectivity index (χ2n) is 2.72. The molecular weight excluding hydrogens is 138 g/mol. The average molecular weight is 149 g/mol. The third kappa shape index (κ3) is 1.80. The van der Waals surface area contributed by atoms with Gasteiger partial charge in [0, 0.05) is 11.8 Å². The van der Waals surface area contributed by atoms with Gasteiger partial charge in [0.25, 0.3) is 0 Å². The van der Waals surface area contributed by atoms with Gasteiger partial charge in [-0.25, -0.2) is 0 Å². The first-order valence-electron chi connectivity index (χ1n) is 3.46. The molecule has 0 saturated heterocycles. The summed E-state index contributed by atoms with van der Waals surface area (Å²) in [5, 5.41) is 0. The first kappa shape index (κ1) is 7.79. The molecule has 0 aliphatic heterocycles. The fourth-order valence-electron chi connectivity index (χ4n) is 0.911.